The molecule has 1 atom stereocenters. The fourth-order valence-electron chi connectivity index (χ4n) is 1.14. The Morgan fingerprint density at radius 1 is 0.643 bits per heavy atom. The molecule has 0 saturated carbocycles. The third kappa shape index (κ3) is 2.31. The first-order valence-electron chi connectivity index (χ1n) is 4.32. The summed E-state index contributed by atoms with van der Waals surface area (Å²) in [4.78, 5) is 0. The Labute approximate surface area is 92.3 Å². The zero-order chi connectivity index (χ0) is 9.80. The van der Waals surface area contributed by atoms with Crippen LogP contribution in [0.1, 0.15) is 0 Å². The van der Waals surface area contributed by atoms with Crippen molar-refractivity contribution in [3.63, 3.8) is 0 Å². The Balaban J connectivity index is 2.30. The molecule has 2 heteroatoms. The average Bonchev–Trinajstić information content (AvgIpc) is 2.30. The van der Waals surface area contributed by atoms with Crippen LogP contribution in [0, 0.1) is 0 Å². The van der Waals surface area contributed by atoms with Crippen molar-refractivity contribution in [1.29, 1.82) is 0 Å². The summed E-state index contributed by atoms with van der Waals surface area (Å²) >= 11 is -0.778. The van der Waals surface area contributed by atoms with E-state index < -0.39 is 16.3 Å². The van der Waals surface area contributed by atoms with Crippen molar-refractivity contribution in [2.45, 2.75) is 0 Å². The van der Waals surface area contributed by atoms with E-state index >= 15 is 0 Å². The van der Waals surface area contributed by atoms with Crippen molar-refractivity contribution in [3.8, 4) is 0 Å². The summed E-state index contributed by atoms with van der Waals surface area (Å²) in [5, 5.41) is 0. The SMILES string of the molecule is [PH2][Pd]([c]1ccccc1)[c]1ccccc1. The molecule has 0 fully saturated rings. The summed E-state index contributed by atoms with van der Waals surface area (Å²) in [6.07, 6.45) is 0. The number of rotatable bonds is 2. The summed E-state index contributed by atoms with van der Waals surface area (Å²) < 4.78 is 2.91. The van der Waals surface area contributed by atoms with Gasteiger partial charge in [0, 0.05) is 0 Å². The van der Waals surface area contributed by atoms with Gasteiger partial charge in [0.15, 0.2) is 0 Å². The van der Waals surface area contributed by atoms with Gasteiger partial charge in [0.05, 0.1) is 0 Å². The first-order valence-corrected chi connectivity index (χ1v) is 8.93. The maximum absolute atomic E-state index is 3.00. The standard InChI is InChI=1S/2C6H5.H2P.Pd/c2*1-2-4-6-5-3-1;;/h2*1-5H;1H2;/q;;-1;+1. The molecule has 0 aliphatic heterocycles. The molecule has 0 amide bonds. The normalized spacial score (nSPS) is 11.1. The van der Waals surface area contributed by atoms with E-state index in [2.05, 4.69) is 68.1 Å². The summed E-state index contributed by atoms with van der Waals surface area (Å²) in [6, 6.07) is 21.4. The molecule has 0 aromatic heterocycles. The molecule has 2 aromatic rings. The molecule has 0 saturated heterocycles. The first kappa shape index (κ1) is 10.1. The third-order valence-corrected chi connectivity index (χ3v) is 7.28. The molecule has 75 valence electrons. The summed E-state index contributed by atoms with van der Waals surface area (Å²) in [5.41, 5.74) is 0. The predicted molar refractivity (Wildman–Crippen MR) is 61.9 cm³/mol. The van der Waals surface area contributed by atoms with Crippen molar-refractivity contribution < 1.29 is 16.3 Å². The van der Waals surface area contributed by atoms with Gasteiger partial charge in [0.25, 0.3) is 0 Å². The Morgan fingerprint density at radius 3 is 1.36 bits per heavy atom. The molecular weight excluding hydrogens is 282 g/mol. The van der Waals surface area contributed by atoms with Gasteiger partial charge in [-0.15, -0.1) is 0 Å². The van der Waals surface area contributed by atoms with Gasteiger partial charge < -0.3 is 0 Å². The van der Waals surface area contributed by atoms with E-state index in [1.165, 1.54) is 8.07 Å². The van der Waals surface area contributed by atoms with Crippen molar-refractivity contribution >= 4 is 15.5 Å². The molecule has 0 radical (unpaired) electrons. The molecule has 0 bridgehead atoms. The van der Waals surface area contributed by atoms with Gasteiger partial charge in [-0.05, 0) is 0 Å². The van der Waals surface area contributed by atoms with E-state index in [0.717, 1.165) is 0 Å². The van der Waals surface area contributed by atoms with Gasteiger partial charge in [0.1, 0.15) is 0 Å². The maximum atomic E-state index is 3.00. The Bertz CT molecular complexity index is 346. The number of hydrogen-bond acceptors (Lipinski definition) is 0. The number of benzene rings is 2. The zero-order valence-electron chi connectivity index (χ0n) is 7.67. The quantitative estimate of drug-likeness (QED) is 0.587. The van der Waals surface area contributed by atoms with E-state index in [1.807, 2.05) is 0 Å². The van der Waals surface area contributed by atoms with Crippen LogP contribution in [0.2, 0.25) is 0 Å². The van der Waals surface area contributed by atoms with Crippen LogP contribution in [-0.4, -0.2) is 0 Å². The molecule has 1 unspecified atom stereocenters. The van der Waals surface area contributed by atoms with Crippen molar-refractivity contribution in [2.75, 3.05) is 0 Å². The third-order valence-electron chi connectivity index (χ3n) is 1.82. The summed E-state index contributed by atoms with van der Waals surface area (Å²) in [5.74, 6) is 0. The van der Waals surface area contributed by atoms with E-state index in [-0.39, 0.29) is 0 Å². The Kier molecular flexibility index (Phi) is 3.49. The van der Waals surface area contributed by atoms with Gasteiger partial charge in [0.2, 0.25) is 0 Å². The monoisotopic (exact) mass is 293 g/mol. The molecule has 2 aromatic carbocycles. The van der Waals surface area contributed by atoms with E-state index in [9.17, 15) is 0 Å². The second kappa shape index (κ2) is 4.85. The fourth-order valence-corrected chi connectivity index (χ4v) is 4.81. The van der Waals surface area contributed by atoms with Gasteiger partial charge in [-0.25, -0.2) is 0 Å². The number of hydrogen-bond donors (Lipinski definition) is 0. The van der Waals surface area contributed by atoms with Crippen molar-refractivity contribution in [3.05, 3.63) is 60.7 Å². The van der Waals surface area contributed by atoms with Gasteiger partial charge in [-0.3, -0.25) is 0 Å². The molecule has 0 spiro atoms. The molecule has 0 N–H and O–H groups in total. The van der Waals surface area contributed by atoms with Crippen LogP contribution >= 0.6 is 7.43 Å². The molecule has 0 aliphatic rings. The molecule has 0 heterocycles. The molecule has 14 heavy (non-hydrogen) atoms. The Hall–Kier alpha value is -0.468. The minimum atomic E-state index is -0.778. The topological polar surface area (TPSA) is 0 Å². The van der Waals surface area contributed by atoms with Crippen molar-refractivity contribution in [2.24, 2.45) is 0 Å². The van der Waals surface area contributed by atoms with Crippen LogP contribution in [0.25, 0.3) is 0 Å². The second-order valence-corrected chi connectivity index (χ2v) is 8.02. The average molecular weight is 294 g/mol. The molecule has 0 aliphatic carbocycles. The fraction of sp³-hybridized carbons (Fsp3) is 0. The molecule has 2 rings (SSSR count). The van der Waals surface area contributed by atoms with Gasteiger partial charge in [-0.1, -0.05) is 0 Å². The van der Waals surface area contributed by atoms with Crippen molar-refractivity contribution in [1.82, 2.24) is 0 Å². The van der Waals surface area contributed by atoms with Crippen LogP contribution < -0.4 is 8.07 Å². The predicted octanol–water partition coefficient (Wildman–Crippen LogP) is 2.05. The van der Waals surface area contributed by atoms with E-state index in [0.29, 0.717) is 0 Å². The first-order chi connectivity index (χ1) is 6.88. The van der Waals surface area contributed by atoms with Gasteiger partial charge in [-0.2, -0.15) is 0 Å². The zero-order valence-corrected chi connectivity index (χ0v) is 10.4. The second-order valence-electron chi connectivity index (χ2n) is 2.78. The Morgan fingerprint density at radius 2 is 1.00 bits per heavy atom. The molecular formula is C12H12PPd. The molecule has 0 nitrogen and oxygen atoms in total. The van der Waals surface area contributed by atoms with Crippen LogP contribution in [0.5, 0.6) is 0 Å². The van der Waals surface area contributed by atoms with E-state index in [4.69, 9.17) is 0 Å². The minimum absolute atomic E-state index is 0.778. The van der Waals surface area contributed by atoms with Crippen LogP contribution in [-0.2, 0) is 16.3 Å². The van der Waals surface area contributed by atoms with Crippen LogP contribution in [0.15, 0.2) is 60.7 Å². The van der Waals surface area contributed by atoms with Crippen LogP contribution in [0.4, 0.5) is 0 Å². The summed E-state index contributed by atoms with van der Waals surface area (Å²) in [7, 11) is 3.00. The summed E-state index contributed by atoms with van der Waals surface area (Å²) in [6.45, 7) is 0. The van der Waals surface area contributed by atoms with Crippen LogP contribution in [0.3, 0.4) is 0 Å². The van der Waals surface area contributed by atoms with E-state index in [1.54, 1.807) is 0 Å². The van der Waals surface area contributed by atoms with Gasteiger partial charge >= 0.3 is 92.4 Å².